The SMILES string of the molecule is C=CC1C(CCc2ccc(-c3ccc(-c4cccc(-c5ccccc5)c4)c4cccnc34)cc2-c2cc(C(C)(C)C)cc[n+]2C)c2ccccc2-c2cc(C)cc[n+]21. The van der Waals surface area contributed by atoms with Gasteiger partial charge in [0, 0.05) is 52.5 Å². The molecule has 1 aliphatic rings. The van der Waals surface area contributed by atoms with Crippen LogP contribution in [0.5, 0.6) is 0 Å². The average molecular weight is 754 g/mol. The van der Waals surface area contributed by atoms with Gasteiger partial charge in [0.15, 0.2) is 18.4 Å². The first-order chi connectivity index (χ1) is 28.2. The third-order valence-electron chi connectivity index (χ3n) is 12.2. The third-order valence-corrected chi connectivity index (χ3v) is 12.2. The summed E-state index contributed by atoms with van der Waals surface area (Å²) in [6, 6.07) is 53.8. The molecule has 0 saturated heterocycles. The van der Waals surface area contributed by atoms with Gasteiger partial charge >= 0.3 is 0 Å². The van der Waals surface area contributed by atoms with Crippen molar-refractivity contribution in [3.63, 3.8) is 0 Å². The van der Waals surface area contributed by atoms with Gasteiger partial charge in [0.1, 0.15) is 7.05 Å². The zero-order valence-corrected chi connectivity index (χ0v) is 34.3. The molecule has 0 aliphatic carbocycles. The summed E-state index contributed by atoms with van der Waals surface area (Å²) >= 11 is 0. The molecule has 2 unspecified atom stereocenters. The molecule has 3 heteroatoms. The van der Waals surface area contributed by atoms with E-state index in [2.05, 4.69) is 215 Å². The molecule has 5 aromatic carbocycles. The first-order valence-electron chi connectivity index (χ1n) is 20.6. The van der Waals surface area contributed by atoms with Crippen LogP contribution in [-0.2, 0) is 18.9 Å². The summed E-state index contributed by atoms with van der Waals surface area (Å²) in [6.45, 7) is 13.4. The number of allylic oxidation sites excluding steroid dienone is 1. The summed E-state index contributed by atoms with van der Waals surface area (Å²) < 4.78 is 4.72. The second-order valence-corrected chi connectivity index (χ2v) is 17.0. The van der Waals surface area contributed by atoms with Crippen LogP contribution >= 0.6 is 0 Å². The second-order valence-electron chi connectivity index (χ2n) is 17.0. The van der Waals surface area contributed by atoms with E-state index in [1.165, 1.54) is 72.6 Å². The highest BCUT2D eigenvalue weighted by molar-refractivity contribution is 6.03. The van der Waals surface area contributed by atoms with Crippen LogP contribution < -0.4 is 9.13 Å². The molecule has 3 nitrogen and oxygen atoms in total. The number of aryl methyl sites for hydroxylation is 3. The number of pyridine rings is 3. The maximum absolute atomic E-state index is 5.06. The number of hydrogen-bond acceptors (Lipinski definition) is 1. The summed E-state index contributed by atoms with van der Waals surface area (Å²) in [4.78, 5) is 5.06. The zero-order chi connectivity index (χ0) is 40.0. The largest absolute Gasteiger partial charge is 0.256 e. The fourth-order valence-electron chi connectivity index (χ4n) is 9.10. The Kier molecular flexibility index (Phi) is 9.69. The van der Waals surface area contributed by atoms with Gasteiger partial charge in [-0.1, -0.05) is 124 Å². The Labute approximate surface area is 343 Å². The van der Waals surface area contributed by atoms with Crippen molar-refractivity contribution in [3.05, 3.63) is 199 Å². The smallest absolute Gasteiger partial charge is 0.213 e. The van der Waals surface area contributed by atoms with Crippen molar-refractivity contribution in [1.29, 1.82) is 0 Å². The molecule has 0 bridgehead atoms. The van der Waals surface area contributed by atoms with Crippen LogP contribution in [0.1, 0.15) is 61.4 Å². The maximum Gasteiger partial charge on any atom is 0.213 e. The highest BCUT2D eigenvalue weighted by Crippen LogP contribution is 2.43. The number of hydrogen-bond donors (Lipinski definition) is 0. The van der Waals surface area contributed by atoms with Gasteiger partial charge in [0.25, 0.3) is 0 Å². The number of fused-ring (bicyclic) bond motifs is 4. The molecule has 284 valence electrons. The molecule has 8 aromatic rings. The summed E-state index contributed by atoms with van der Waals surface area (Å²) in [5.41, 5.74) is 18.5. The number of aromatic nitrogens is 3. The fraction of sp³-hybridized carbons (Fsp3) is 0.182. The highest BCUT2D eigenvalue weighted by atomic mass is 15.0. The highest BCUT2D eigenvalue weighted by Gasteiger charge is 2.38. The Morgan fingerprint density at radius 2 is 1.40 bits per heavy atom. The normalized spacial score (nSPS) is 14.8. The van der Waals surface area contributed by atoms with Crippen molar-refractivity contribution in [2.75, 3.05) is 0 Å². The quantitative estimate of drug-likeness (QED) is 0.112. The summed E-state index contributed by atoms with van der Waals surface area (Å²) in [5, 5.41) is 1.15. The van der Waals surface area contributed by atoms with E-state index < -0.39 is 0 Å². The van der Waals surface area contributed by atoms with Crippen molar-refractivity contribution < 1.29 is 9.13 Å². The van der Waals surface area contributed by atoms with Gasteiger partial charge in [0.05, 0.1) is 11.4 Å². The van der Waals surface area contributed by atoms with Crippen molar-refractivity contribution in [2.24, 2.45) is 7.05 Å². The first-order valence-corrected chi connectivity index (χ1v) is 20.6. The fourth-order valence-corrected chi connectivity index (χ4v) is 9.10. The van der Waals surface area contributed by atoms with Crippen molar-refractivity contribution >= 4 is 10.9 Å². The molecule has 0 spiro atoms. The van der Waals surface area contributed by atoms with E-state index in [0.29, 0.717) is 0 Å². The maximum atomic E-state index is 5.06. The Morgan fingerprint density at radius 1 is 0.638 bits per heavy atom. The van der Waals surface area contributed by atoms with E-state index in [1.807, 2.05) is 6.20 Å². The Hall–Kier alpha value is -6.45. The molecule has 0 amide bonds. The molecule has 4 heterocycles. The predicted molar refractivity (Wildman–Crippen MR) is 240 cm³/mol. The van der Waals surface area contributed by atoms with E-state index in [0.717, 1.165) is 29.3 Å². The standard InChI is InChI=1S/C55H51N3/c1-7-51-48(46-19-11-12-20-47(46)53-33-37(2)28-32-58(51)53)25-24-39-22-23-42(35-50(39)52-36-43(55(3,4)5)29-31-57(52)6)45-27-26-44(49-21-14-30-56-54(45)49)41-18-13-17-40(34-41)38-15-9-8-10-16-38/h7-23,26-36,48,51H,1,24-25H2,2-6H3/q+2. The summed E-state index contributed by atoms with van der Waals surface area (Å²) in [6.07, 6.45) is 10.5. The Bertz CT molecular complexity index is 2830. The molecule has 0 N–H and O–H groups in total. The minimum Gasteiger partial charge on any atom is -0.256 e. The Balaban J connectivity index is 1.15. The van der Waals surface area contributed by atoms with Crippen LogP contribution in [0.2, 0.25) is 0 Å². The van der Waals surface area contributed by atoms with Gasteiger partial charge in [-0.05, 0) is 106 Å². The van der Waals surface area contributed by atoms with Crippen LogP contribution in [-0.4, -0.2) is 4.98 Å². The van der Waals surface area contributed by atoms with Crippen LogP contribution in [0.15, 0.2) is 177 Å². The molecule has 2 atom stereocenters. The van der Waals surface area contributed by atoms with Gasteiger partial charge in [-0.25, -0.2) is 4.57 Å². The van der Waals surface area contributed by atoms with Gasteiger partial charge in [-0.3, -0.25) is 4.98 Å². The van der Waals surface area contributed by atoms with Crippen molar-refractivity contribution in [2.45, 2.75) is 57.9 Å². The predicted octanol–water partition coefficient (Wildman–Crippen LogP) is 12.7. The van der Waals surface area contributed by atoms with Gasteiger partial charge < -0.3 is 0 Å². The lowest BCUT2D eigenvalue weighted by Gasteiger charge is -2.29. The van der Waals surface area contributed by atoms with E-state index >= 15 is 0 Å². The number of benzene rings is 5. The van der Waals surface area contributed by atoms with Crippen LogP contribution in [0.25, 0.3) is 66.8 Å². The minimum atomic E-state index is 0.0144. The van der Waals surface area contributed by atoms with Gasteiger partial charge in [-0.2, -0.15) is 4.57 Å². The lowest BCUT2D eigenvalue weighted by molar-refractivity contribution is -0.707. The molecule has 0 saturated carbocycles. The summed E-state index contributed by atoms with van der Waals surface area (Å²) in [5.74, 6) is 0.289. The molecular weight excluding hydrogens is 703 g/mol. The molecule has 9 rings (SSSR count). The lowest BCUT2D eigenvalue weighted by atomic mass is 9.79. The molecule has 58 heavy (non-hydrogen) atoms. The number of rotatable bonds is 8. The van der Waals surface area contributed by atoms with Gasteiger partial charge in [-0.15, -0.1) is 0 Å². The van der Waals surface area contributed by atoms with Crippen LogP contribution in [0, 0.1) is 6.92 Å². The van der Waals surface area contributed by atoms with Crippen LogP contribution in [0.4, 0.5) is 0 Å². The minimum absolute atomic E-state index is 0.0144. The first kappa shape index (κ1) is 37.1. The van der Waals surface area contributed by atoms with E-state index in [9.17, 15) is 0 Å². The molecule has 0 radical (unpaired) electrons. The Morgan fingerprint density at radius 3 is 2.22 bits per heavy atom. The van der Waals surface area contributed by atoms with Crippen molar-refractivity contribution in [1.82, 2.24) is 4.98 Å². The van der Waals surface area contributed by atoms with E-state index in [1.54, 1.807) is 0 Å². The molecule has 1 aliphatic heterocycles. The van der Waals surface area contributed by atoms with Crippen LogP contribution in [0.3, 0.4) is 0 Å². The monoisotopic (exact) mass is 753 g/mol. The van der Waals surface area contributed by atoms with E-state index in [4.69, 9.17) is 4.98 Å². The molecular formula is C55H51N3+2. The second kappa shape index (κ2) is 15.1. The third kappa shape index (κ3) is 6.85. The van der Waals surface area contributed by atoms with Crippen molar-refractivity contribution in [3.8, 4) is 55.9 Å². The summed E-state index contributed by atoms with van der Waals surface area (Å²) in [7, 11) is 2.17. The van der Waals surface area contributed by atoms with Gasteiger partial charge in [0.2, 0.25) is 11.4 Å². The average Bonchev–Trinajstić information content (AvgIpc) is 3.25. The molecule has 0 fully saturated rings. The lowest BCUT2D eigenvalue weighted by Crippen LogP contribution is -2.46. The van der Waals surface area contributed by atoms with E-state index in [-0.39, 0.29) is 17.4 Å². The molecule has 3 aromatic heterocycles. The topological polar surface area (TPSA) is 20.6 Å². The number of nitrogens with zero attached hydrogens (tertiary/aromatic N) is 3. The zero-order valence-electron chi connectivity index (χ0n) is 34.3.